The number of amides is 1. The molecule has 4 nitrogen and oxygen atoms in total. The molecule has 0 radical (unpaired) electrons. The van der Waals surface area contributed by atoms with E-state index in [1.165, 1.54) is 17.0 Å². The molecule has 0 atom stereocenters. The Labute approximate surface area is 160 Å². The monoisotopic (exact) mass is 379 g/mol. The van der Waals surface area contributed by atoms with Crippen LogP contribution in [0.5, 0.6) is 0 Å². The number of benzene rings is 1. The second-order valence-electron chi connectivity index (χ2n) is 6.36. The molecule has 0 aliphatic carbocycles. The number of carbonyl (C=O) groups excluding carboxylic acids is 1. The van der Waals surface area contributed by atoms with Crippen molar-refractivity contribution in [3.8, 4) is 0 Å². The second-order valence-corrected chi connectivity index (χ2v) is 7.64. The molecule has 1 aromatic carbocycles. The Morgan fingerprint density at radius 3 is 2.85 bits per heavy atom. The zero-order chi connectivity index (χ0) is 18.8. The Morgan fingerprint density at radius 2 is 2.07 bits per heavy atom. The largest absolute Gasteiger partial charge is 0.345 e. The number of thiophene rings is 1. The highest BCUT2D eigenvalue weighted by Crippen LogP contribution is 2.29. The van der Waals surface area contributed by atoms with E-state index in [2.05, 4.69) is 16.4 Å². The molecule has 0 saturated heterocycles. The number of nitrogens with zero attached hydrogens (tertiary/aromatic N) is 2. The standard InChI is InChI=1S/C21H18FN3OS/c1-14-9-18-20(27-14)11-19(21(26)24-12-17-7-2-3-8-23-17)25(18)13-15-5-4-6-16(22)10-15/h2-11H,12-13H2,1H3,(H,24,26). The number of rotatable bonds is 5. The van der Waals surface area contributed by atoms with Crippen LogP contribution < -0.4 is 5.32 Å². The topological polar surface area (TPSA) is 46.9 Å². The number of halogens is 1. The Hall–Kier alpha value is -2.99. The maximum atomic E-state index is 13.6. The molecule has 0 spiro atoms. The molecule has 4 aromatic rings. The quantitative estimate of drug-likeness (QED) is 0.554. The SMILES string of the molecule is Cc1cc2c(cc(C(=O)NCc3ccccn3)n2Cc2cccc(F)c2)s1. The lowest BCUT2D eigenvalue weighted by Gasteiger charge is -2.11. The van der Waals surface area contributed by atoms with Crippen molar-refractivity contribution in [3.63, 3.8) is 0 Å². The molecule has 0 bridgehead atoms. The van der Waals surface area contributed by atoms with Crippen molar-refractivity contribution in [3.05, 3.63) is 88.4 Å². The van der Waals surface area contributed by atoms with Crippen LogP contribution in [0.25, 0.3) is 10.2 Å². The third-order valence-corrected chi connectivity index (χ3v) is 5.32. The van der Waals surface area contributed by atoms with Gasteiger partial charge in [0.25, 0.3) is 5.91 Å². The third kappa shape index (κ3) is 3.75. The van der Waals surface area contributed by atoms with Gasteiger partial charge in [0.2, 0.25) is 0 Å². The van der Waals surface area contributed by atoms with E-state index in [9.17, 15) is 9.18 Å². The van der Waals surface area contributed by atoms with Gasteiger partial charge in [0.1, 0.15) is 11.5 Å². The predicted octanol–water partition coefficient (Wildman–Crippen LogP) is 4.52. The molecule has 4 rings (SSSR count). The highest BCUT2D eigenvalue weighted by atomic mass is 32.1. The fourth-order valence-electron chi connectivity index (χ4n) is 3.11. The summed E-state index contributed by atoms with van der Waals surface area (Å²) in [6.45, 7) is 2.83. The van der Waals surface area contributed by atoms with Gasteiger partial charge in [-0.05, 0) is 48.9 Å². The molecule has 1 amide bonds. The predicted molar refractivity (Wildman–Crippen MR) is 105 cm³/mol. The molecule has 0 aliphatic heterocycles. The van der Waals surface area contributed by atoms with Crippen molar-refractivity contribution in [2.75, 3.05) is 0 Å². The molecule has 3 aromatic heterocycles. The lowest BCUT2D eigenvalue weighted by Crippen LogP contribution is -2.26. The van der Waals surface area contributed by atoms with Crippen LogP contribution in [0.2, 0.25) is 0 Å². The van der Waals surface area contributed by atoms with E-state index in [4.69, 9.17) is 0 Å². The van der Waals surface area contributed by atoms with Gasteiger partial charge in [-0.15, -0.1) is 11.3 Å². The summed E-state index contributed by atoms with van der Waals surface area (Å²) in [7, 11) is 0. The summed E-state index contributed by atoms with van der Waals surface area (Å²) in [5.41, 5.74) is 3.17. The van der Waals surface area contributed by atoms with Crippen LogP contribution in [0, 0.1) is 12.7 Å². The number of fused-ring (bicyclic) bond motifs is 1. The first-order chi connectivity index (χ1) is 13.1. The van der Waals surface area contributed by atoms with Gasteiger partial charge in [-0.3, -0.25) is 9.78 Å². The smallest absolute Gasteiger partial charge is 0.268 e. The van der Waals surface area contributed by atoms with Gasteiger partial charge in [-0.25, -0.2) is 4.39 Å². The Balaban J connectivity index is 1.65. The molecule has 136 valence electrons. The summed E-state index contributed by atoms with van der Waals surface area (Å²) < 4.78 is 16.6. The summed E-state index contributed by atoms with van der Waals surface area (Å²) in [6, 6.07) is 16.0. The van der Waals surface area contributed by atoms with E-state index in [1.807, 2.05) is 41.8 Å². The number of nitrogens with one attached hydrogen (secondary N) is 1. The second kappa shape index (κ2) is 7.32. The van der Waals surface area contributed by atoms with Crippen LogP contribution in [0.15, 0.2) is 60.8 Å². The van der Waals surface area contributed by atoms with Gasteiger partial charge in [-0.2, -0.15) is 0 Å². The summed E-state index contributed by atoms with van der Waals surface area (Å²) in [4.78, 5) is 18.2. The van der Waals surface area contributed by atoms with E-state index in [0.29, 0.717) is 18.8 Å². The number of hydrogen-bond donors (Lipinski definition) is 1. The molecule has 0 aliphatic rings. The maximum Gasteiger partial charge on any atom is 0.268 e. The first-order valence-corrected chi connectivity index (χ1v) is 9.44. The van der Waals surface area contributed by atoms with E-state index in [-0.39, 0.29) is 11.7 Å². The zero-order valence-corrected chi connectivity index (χ0v) is 15.6. The van der Waals surface area contributed by atoms with Crippen LogP contribution in [0.3, 0.4) is 0 Å². The molecule has 0 unspecified atom stereocenters. The fourth-order valence-corrected chi connectivity index (χ4v) is 4.07. The number of hydrogen-bond acceptors (Lipinski definition) is 3. The van der Waals surface area contributed by atoms with Gasteiger partial charge in [0.15, 0.2) is 0 Å². The van der Waals surface area contributed by atoms with Crippen molar-refractivity contribution < 1.29 is 9.18 Å². The molecule has 6 heteroatoms. The zero-order valence-electron chi connectivity index (χ0n) is 14.8. The summed E-state index contributed by atoms with van der Waals surface area (Å²) in [6.07, 6.45) is 1.70. The van der Waals surface area contributed by atoms with Gasteiger partial charge in [0.05, 0.1) is 22.5 Å². The normalized spacial score (nSPS) is 11.0. The van der Waals surface area contributed by atoms with E-state index in [0.717, 1.165) is 21.5 Å². The van der Waals surface area contributed by atoms with Gasteiger partial charge in [0, 0.05) is 17.6 Å². The lowest BCUT2D eigenvalue weighted by molar-refractivity contribution is 0.0942. The number of aryl methyl sites for hydroxylation is 1. The van der Waals surface area contributed by atoms with E-state index in [1.54, 1.807) is 23.6 Å². The molecule has 0 saturated carbocycles. The minimum Gasteiger partial charge on any atom is -0.345 e. The van der Waals surface area contributed by atoms with Gasteiger partial charge >= 0.3 is 0 Å². The molecular formula is C21H18FN3OS. The maximum absolute atomic E-state index is 13.6. The number of carbonyl (C=O) groups is 1. The lowest BCUT2D eigenvalue weighted by atomic mass is 10.2. The van der Waals surface area contributed by atoms with Crippen molar-refractivity contribution >= 4 is 27.5 Å². The van der Waals surface area contributed by atoms with Crippen molar-refractivity contribution in [1.82, 2.24) is 14.9 Å². The average molecular weight is 379 g/mol. The van der Waals surface area contributed by atoms with Crippen molar-refractivity contribution in [2.45, 2.75) is 20.0 Å². The number of pyridine rings is 1. The minimum absolute atomic E-state index is 0.168. The Morgan fingerprint density at radius 1 is 1.19 bits per heavy atom. The van der Waals surface area contributed by atoms with Crippen LogP contribution in [0.1, 0.15) is 26.6 Å². The van der Waals surface area contributed by atoms with Crippen molar-refractivity contribution in [2.24, 2.45) is 0 Å². The fraction of sp³-hybridized carbons (Fsp3) is 0.143. The molecular weight excluding hydrogens is 361 g/mol. The molecule has 3 heterocycles. The first-order valence-electron chi connectivity index (χ1n) is 8.62. The average Bonchev–Trinajstić information content (AvgIpc) is 3.18. The van der Waals surface area contributed by atoms with Crippen LogP contribution in [-0.4, -0.2) is 15.5 Å². The van der Waals surface area contributed by atoms with Gasteiger partial charge < -0.3 is 9.88 Å². The third-order valence-electron chi connectivity index (χ3n) is 4.33. The van der Waals surface area contributed by atoms with Crippen LogP contribution in [-0.2, 0) is 13.1 Å². The van der Waals surface area contributed by atoms with Crippen LogP contribution in [0.4, 0.5) is 4.39 Å². The van der Waals surface area contributed by atoms with Crippen LogP contribution >= 0.6 is 11.3 Å². The number of aromatic nitrogens is 2. The minimum atomic E-state index is -0.279. The highest BCUT2D eigenvalue weighted by molar-refractivity contribution is 7.19. The first kappa shape index (κ1) is 17.4. The highest BCUT2D eigenvalue weighted by Gasteiger charge is 2.17. The summed E-state index contributed by atoms with van der Waals surface area (Å²) >= 11 is 1.65. The molecule has 27 heavy (non-hydrogen) atoms. The summed E-state index contributed by atoms with van der Waals surface area (Å²) in [5.74, 6) is -0.448. The molecule has 0 fully saturated rings. The summed E-state index contributed by atoms with van der Waals surface area (Å²) in [5, 5.41) is 2.93. The van der Waals surface area contributed by atoms with Gasteiger partial charge in [-0.1, -0.05) is 18.2 Å². The van der Waals surface area contributed by atoms with E-state index >= 15 is 0 Å². The molecule has 1 N–H and O–H groups in total. The van der Waals surface area contributed by atoms with Crippen molar-refractivity contribution in [1.29, 1.82) is 0 Å². The Bertz CT molecular complexity index is 1100. The van der Waals surface area contributed by atoms with E-state index < -0.39 is 0 Å². The Kier molecular flexibility index (Phi) is 4.73.